The molecule has 4 aliphatic heterocycles. The standard InChI is InChI=1S/C23H32N2O3/c1-28-19-4-2-3-17(13-19)20-14-25(23(27)16-5-7-18(26)8-6-16)21-15-9-11-24(12-10-15)22(20)21/h2-4,13,15-16,18,20-22,26H,5-12,14H2,1H3/t16?,18?,20-,21-,22-/m0/s1. The van der Waals surface area contributed by atoms with Gasteiger partial charge in [0.1, 0.15) is 5.75 Å². The van der Waals surface area contributed by atoms with E-state index in [4.69, 9.17) is 4.74 Å². The van der Waals surface area contributed by atoms with E-state index >= 15 is 0 Å². The van der Waals surface area contributed by atoms with Crippen molar-refractivity contribution in [3.63, 3.8) is 0 Å². The monoisotopic (exact) mass is 384 g/mol. The summed E-state index contributed by atoms with van der Waals surface area (Å²) in [6.07, 6.45) is 5.45. The minimum absolute atomic E-state index is 0.101. The van der Waals surface area contributed by atoms with Gasteiger partial charge in [-0.3, -0.25) is 9.69 Å². The van der Waals surface area contributed by atoms with E-state index in [1.807, 2.05) is 6.07 Å². The van der Waals surface area contributed by atoms with Crippen molar-refractivity contribution < 1.29 is 14.6 Å². The lowest BCUT2D eigenvalue weighted by atomic mass is 9.75. The zero-order valence-corrected chi connectivity index (χ0v) is 16.8. The predicted octanol–water partition coefficient (Wildman–Crippen LogP) is 2.63. The number of nitrogens with zero attached hydrogens (tertiary/aromatic N) is 2. The van der Waals surface area contributed by atoms with E-state index < -0.39 is 0 Å². The Morgan fingerprint density at radius 1 is 1.07 bits per heavy atom. The number of aliphatic hydroxyl groups excluding tert-OH is 1. The second-order valence-electron chi connectivity index (χ2n) is 9.23. The number of carbonyl (C=O) groups is 1. The number of likely N-dealkylation sites (tertiary alicyclic amines) is 1. The quantitative estimate of drug-likeness (QED) is 0.871. The van der Waals surface area contributed by atoms with Gasteiger partial charge in [-0.1, -0.05) is 12.1 Å². The van der Waals surface area contributed by atoms with Gasteiger partial charge in [0, 0.05) is 24.4 Å². The van der Waals surface area contributed by atoms with Gasteiger partial charge in [0.15, 0.2) is 0 Å². The van der Waals surface area contributed by atoms with Gasteiger partial charge >= 0.3 is 0 Å². The molecule has 0 spiro atoms. The Morgan fingerprint density at radius 2 is 1.82 bits per heavy atom. The van der Waals surface area contributed by atoms with E-state index in [-0.39, 0.29) is 12.0 Å². The van der Waals surface area contributed by atoms with Crippen LogP contribution in [0.2, 0.25) is 0 Å². The van der Waals surface area contributed by atoms with Crippen molar-refractivity contribution in [2.45, 2.75) is 62.6 Å². The van der Waals surface area contributed by atoms with Crippen molar-refractivity contribution in [3.8, 4) is 5.75 Å². The summed E-state index contributed by atoms with van der Waals surface area (Å²) < 4.78 is 5.47. The van der Waals surface area contributed by atoms with Crippen LogP contribution in [-0.2, 0) is 4.79 Å². The molecule has 6 rings (SSSR count). The molecule has 5 aliphatic rings. The number of ether oxygens (including phenoxy) is 1. The number of methoxy groups -OCH3 is 1. The Morgan fingerprint density at radius 3 is 2.54 bits per heavy atom. The molecule has 1 N–H and O–H groups in total. The van der Waals surface area contributed by atoms with E-state index in [1.54, 1.807) is 7.11 Å². The van der Waals surface area contributed by atoms with Gasteiger partial charge in [0.2, 0.25) is 5.91 Å². The fourth-order valence-electron chi connectivity index (χ4n) is 6.40. The summed E-state index contributed by atoms with van der Waals surface area (Å²) >= 11 is 0. The fourth-order valence-corrected chi connectivity index (χ4v) is 6.40. The highest BCUT2D eigenvalue weighted by atomic mass is 16.5. The molecule has 1 amide bonds. The van der Waals surface area contributed by atoms with Gasteiger partial charge in [-0.05, 0) is 75.2 Å². The number of piperidine rings is 3. The van der Waals surface area contributed by atoms with Crippen LogP contribution in [0.15, 0.2) is 24.3 Å². The van der Waals surface area contributed by atoms with Crippen molar-refractivity contribution >= 4 is 5.91 Å². The highest BCUT2D eigenvalue weighted by Crippen LogP contribution is 2.47. The van der Waals surface area contributed by atoms with Crippen LogP contribution in [0.25, 0.3) is 0 Å². The molecule has 5 nitrogen and oxygen atoms in total. The lowest BCUT2D eigenvalue weighted by molar-refractivity contribution is -0.142. The molecule has 4 heterocycles. The molecule has 1 aromatic carbocycles. The minimum Gasteiger partial charge on any atom is -0.497 e. The van der Waals surface area contributed by atoms with E-state index in [0.29, 0.717) is 29.8 Å². The largest absolute Gasteiger partial charge is 0.497 e. The molecule has 3 atom stereocenters. The molecule has 0 unspecified atom stereocenters. The van der Waals surface area contributed by atoms with Crippen LogP contribution in [0.3, 0.4) is 0 Å². The topological polar surface area (TPSA) is 53.0 Å². The second kappa shape index (κ2) is 7.34. The number of rotatable bonds is 3. The Hall–Kier alpha value is -1.59. The van der Waals surface area contributed by atoms with Gasteiger partial charge in [0.25, 0.3) is 0 Å². The maximum Gasteiger partial charge on any atom is 0.226 e. The number of amides is 1. The number of carbonyl (C=O) groups excluding carboxylic acids is 1. The van der Waals surface area contributed by atoms with Crippen molar-refractivity contribution in [2.24, 2.45) is 11.8 Å². The van der Waals surface area contributed by atoms with Crippen LogP contribution in [-0.4, -0.2) is 65.7 Å². The third-order valence-corrected chi connectivity index (χ3v) is 7.85. The summed E-state index contributed by atoms with van der Waals surface area (Å²) in [6, 6.07) is 9.25. The van der Waals surface area contributed by atoms with Gasteiger partial charge in [-0.2, -0.15) is 0 Å². The molecule has 0 aromatic heterocycles. The zero-order chi connectivity index (χ0) is 19.3. The first-order chi connectivity index (χ1) is 13.7. The molecule has 5 fully saturated rings. The highest BCUT2D eigenvalue weighted by Gasteiger charge is 2.55. The molecule has 2 bridgehead atoms. The van der Waals surface area contributed by atoms with Crippen LogP contribution >= 0.6 is 0 Å². The molecule has 1 aromatic rings. The normalized spacial score (nSPS) is 39.6. The molecule has 1 saturated carbocycles. The number of benzene rings is 1. The van der Waals surface area contributed by atoms with Gasteiger partial charge in [-0.15, -0.1) is 0 Å². The number of aliphatic hydroxyl groups is 1. The third-order valence-electron chi connectivity index (χ3n) is 7.85. The van der Waals surface area contributed by atoms with Crippen LogP contribution in [0.1, 0.15) is 50.0 Å². The molecule has 1 aliphatic carbocycles. The average molecular weight is 385 g/mol. The summed E-state index contributed by atoms with van der Waals surface area (Å²) in [5, 5.41) is 9.84. The summed E-state index contributed by atoms with van der Waals surface area (Å²) in [6.45, 7) is 3.17. The number of fused-ring (bicyclic) bond motifs is 2. The van der Waals surface area contributed by atoms with E-state index in [1.165, 1.54) is 31.5 Å². The first kappa shape index (κ1) is 18.4. The lowest BCUT2D eigenvalue weighted by Gasteiger charge is -2.51. The first-order valence-electron chi connectivity index (χ1n) is 11.0. The third kappa shape index (κ3) is 3.03. The van der Waals surface area contributed by atoms with Gasteiger partial charge < -0.3 is 14.7 Å². The minimum atomic E-state index is -0.211. The van der Waals surface area contributed by atoms with Crippen LogP contribution in [0, 0.1) is 11.8 Å². The zero-order valence-electron chi connectivity index (χ0n) is 16.8. The lowest BCUT2D eigenvalue weighted by Crippen LogP contribution is -2.61. The molecule has 28 heavy (non-hydrogen) atoms. The second-order valence-corrected chi connectivity index (χ2v) is 9.23. The van der Waals surface area contributed by atoms with E-state index in [9.17, 15) is 9.90 Å². The average Bonchev–Trinajstić information content (AvgIpc) is 3.18. The van der Waals surface area contributed by atoms with Gasteiger partial charge in [-0.25, -0.2) is 0 Å². The predicted molar refractivity (Wildman–Crippen MR) is 107 cm³/mol. The Labute approximate surface area is 167 Å². The first-order valence-corrected chi connectivity index (χ1v) is 11.0. The van der Waals surface area contributed by atoms with Gasteiger partial charge in [0.05, 0.1) is 19.3 Å². The highest BCUT2D eigenvalue weighted by molar-refractivity contribution is 5.80. The summed E-state index contributed by atoms with van der Waals surface area (Å²) in [4.78, 5) is 18.4. The summed E-state index contributed by atoms with van der Waals surface area (Å²) in [5.74, 6) is 2.35. The van der Waals surface area contributed by atoms with E-state index in [0.717, 1.165) is 38.0 Å². The van der Waals surface area contributed by atoms with Crippen LogP contribution < -0.4 is 4.74 Å². The molecule has 0 radical (unpaired) electrons. The van der Waals surface area contributed by atoms with Crippen LogP contribution in [0.4, 0.5) is 0 Å². The molecule has 152 valence electrons. The number of hydrogen-bond acceptors (Lipinski definition) is 4. The maximum absolute atomic E-state index is 13.5. The van der Waals surface area contributed by atoms with Crippen molar-refractivity contribution in [1.29, 1.82) is 0 Å². The Bertz CT molecular complexity index is 722. The van der Waals surface area contributed by atoms with Crippen molar-refractivity contribution in [2.75, 3.05) is 26.7 Å². The molecular weight excluding hydrogens is 352 g/mol. The maximum atomic E-state index is 13.5. The summed E-state index contributed by atoms with van der Waals surface area (Å²) in [7, 11) is 1.72. The number of hydrogen-bond donors (Lipinski definition) is 1. The van der Waals surface area contributed by atoms with E-state index in [2.05, 4.69) is 28.0 Å². The Balaban J connectivity index is 1.44. The van der Waals surface area contributed by atoms with Crippen molar-refractivity contribution in [1.82, 2.24) is 9.80 Å². The molecule has 5 heteroatoms. The molecular formula is C23H32N2O3. The Kier molecular flexibility index (Phi) is 4.84. The summed E-state index contributed by atoms with van der Waals surface area (Å²) in [5.41, 5.74) is 1.30. The smallest absolute Gasteiger partial charge is 0.226 e. The fraction of sp³-hybridized carbons (Fsp3) is 0.696. The van der Waals surface area contributed by atoms with Crippen molar-refractivity contribution in [3.05, 3.63) is 29.8 Å². The van der Waals surface area contributed by atoms with Crippen LogP contribution in [0.5, 0.6) is 5.75 Å². The SMILES string of the molecule is COc1cccc([C@@H]2CN(C(=O)C3CCC(O)CC3)[C@H]3C4CCN(CC4)[C@@H]23)c1. The molecule has 4 saturated heterocycles.